The van der Waals surface area contributed by atoms with Crippen molar-refractivity contribution in [2.75, 3.05) is 50.7 Å². The molecule has 144 valence electrons. The third kappa shape index (κ3) is 3.83. The van der Waals surface area contributed by atoms with Crippen LogP contribution in [-0.2, 0) is 4.79 Å². The van der Waals surface area contributed by atoms with Crippen molar-refractivity contribution in [2.45, 2.75) is 20.3 Å². The third-order valence-corrected chi connectivity index (χ3v) is 5.68. The maximum atomic E-state index is 12.9. The SMILES string of the molecule is CCN1CCN(C(=O)[C@H]2CCN(c3ccc(-c4nc(C)no4)cc3)C2)CC1. The zero-order valence-corrected chi connectivity index (χ0v) is 16.1. The molecular weight excluding hydrogens is 342 g/mol. The van der Waals surface area contributed by atoms with E-state index in [1.165, 1.54) is 0 Å². The summed E-state index contributed by atoms with van der Waals surface area (Å²) < 4.78 is 5.22. The highest BCUT2D eigenvalue weighted by atomic mass is 16.5. The van der Waals surface area contributed by atoms with Crippen LogP contribution in [0, 0.1) is 12.8 Å². The summed E-state index contributed by atoms with van der Waals surface area (Å²) in [6.45, 7) is 10.5. The first-order valence-electron chi connectivity index (χ1n) is 9.81. The van der Waals surface area contributed by atoms with Crippen LogP contribution in [0.15, 0.2) is 28.8 Å². The molecule has 7 nitrogen and oxygen atoms in total. The first kappa shape index (κ1) is 18.0. The van der Waals surface area contributed by atoms with Gasteiger partial charge >= 0.3 is 0 Å². The molecule has 2 saturated heterocycles. The molecule has 1 aromatic carbocycles. The van der Waals surface area contributed by atoms with E-state index >= 15 is 0 Å². The fourth-order valence-electron chi connectivity index (χ4n) is 3.97. The van der Waals surface area contributed by atoms with Gasteiger partial charge in [0.1, 0.15) is 0 Å². The molecule has 0 bridgehead atoms. The number of nitrogens with zero attached hydrogens (tertiary/aromatic N) is 5. The monoisotopic (exact) mass is 369 g/mol. The Morgan fingerprint density at radius 1 is 1.15 bits per heavy atom. The summed E-state index contributed by atoms with van der Waals surface area (Å²) in [5.41, 5.74) is 2.06. The number of benzene rings is 1. The average molecular weight is 369 g/mol. The Bertz CT molecular complexity index is 780. The lowest BCUT2D eigenvalue weighted by Crippen LogP contribution is -2.50. The predicted octanol–water partition coefficient (Wildman–Crippen LogP) is 2.04. The Balaban J connectivity index is 1.36. The summed E-state index contributed by atoms with van der Waals surface area (Å²) in [5, 5.41) is 3.84. The number of amides is 1. The van der Waals surface area contributed by atoms with Gasteiger partial charge in [0.15, 0.2) is 5.82 Å². The second-order valence-electron chi connectivity index (χ2n) is 7.38. The largest absolute Gasteiger partial charge is 0.371 e. The van der Waals surface area contributed by atoms with Crippen LogP contribution in [-0.4, -0.2) is 71.7 Å². The van der Waals surface area contributed by atoms with Crippen LogP contribution in [0.2, 0.25) is 0 Å². The number of anilines is 1. The van der Waals surface area contributed by atoms with Crippen LogP contribution in [0.1, 0.15) is 19.2 Å². The van der Waals surface area contributed by atoms with Gasteiger partial charge in [0.05, 0.1) is 5.92 Å². The highest BCUT2D eigenvalue weighted by Gasteiger charge is 2.32. The molecule has 0 spiro atoms. The summed E-state index contributed by atoms with van der Waals surface area (Å²) in [7, 11) is 0. The molecule has 1 aromatic heterocycles. The van der Waals surface area contributed by atoms with Crippen molar-refractivity contribution in [1.29, 1.82) is 0 Å². The van der Waals surface area contributed by atoms with Crippen LogP contribution < -0.4 is 4.90 Å². The van der Waals surface area contributed by atoms with E-state index in [2.05, 4.69) is 43.9 Å². The predicted molar refractivity (Wildman–Crippen MR) is 103 cm³/mol. The van der Waals surface area contributed by atoms with Crippen molar-refractivity contribution in [2.24, 2.45) is 5.92 Å². The normalized spacial score (nSPS) is 21.0. The van der Waals surface area contributed by atoms with E-state index < -0.39 is 0 Å². The van der Waals surface area contributed by atoms with Gasteiger partial charge in [-0.15, -0.1) is 0 Å². The van der Waals surface area contributed by atoms with Crippen LogP contribution in [0.3, 0.4) is 0 Å². The molecule has 0 saturated carbocycles. The number of aryl methyl sites for hydroxylation is 1. The van der Waals surface area contributed by atoms with Crippen LogP contribution in [0.5, 0.6) is 0 Å². The summed E-state index contributed by atoms with van der Waals surface area (Å²) in [4.78, 5) is 23.9. The first-order chi connectivity index (χ1) is 13.1. The zero-order chi connectivity index (χ0) is 18.8. The minimum Gasteiger partial charge on any atom is -0.371 e. The summed E-state index contributed by atoms with van der Waals surface area (Å²) >= 11 is 0. The highest BCUT2D eigenvalue weighted by Crippen LogP contribution is 2.27. The molecule has 4 rings (SSSR count). The molecule has 3 heterocycles. The minimum absolute atomic E-state index is 0.108. The number of rotatable bonds is 4. The third-order valence-electron chi connectivity index (χ3n) is 5.68. The van der Waals surface area contributed by atoms with Crippen LogP contribution in [0.4, 0.5) is 5.69 Å². The Kier molecular flexibility index (Phi) is 5.11. The average Bonchev–Trinajstić information content (AvgIpc) is 3.37. The number of hydrogen-bond acceptors (Lipinski definition) is 6. The topological polar surface area (TPSA) is 65.7 Å². The zero-order valence-electron chi connectivity index (χ0n) is 16.1. The molecule has 2 aliphatic rings. The molecular formula is C20H27N5O2. The van der Waals surface area contributed by atoms with E-state index in [1.807, 2.05) is 19.1 Å². The molecule has 0 aliphatic carbocycles. The van der Waals surface area contributed by atoms with Gasteiger partial charge in [-0.05, 0) is 44.2 Å². The van der Waals surface area contributed by atoms with Gasteiger partial charge in [0.2, 0.25) is 5.91 Å². The van der Waals surface area contributed by atoms with Gasteiger partial charge in [-0.3, -0.25) is 4.79 Å². The molecule has 2 aliphatic heterocycles. The van der Waals surface area contributed by atoms with Gasteiger partial charge in [-0.2, -0.15) is 4.98 Å². The fourth-order valence-corrected chi connectivity index (χ4v) is 3.97. The molecule has 1 amide bonds. The van der Waals surface area contributed by atoms with E-state index in [-0.39, 0.29) is 5.92 Å². The van der Waals surface area contributed by atoms with Gasteiger partial charge in [-0.1, -0.05) is 12.1 Å². The minimum atomic E-state index is 0.108. The second kappa shape index (κ2) is 7.68. The summed E-state index contributed by atoms with van der Waals surface area (Å²) in [5.74, 6) is 1.61. The molecule has 0 radical (unpaired) electrons. The lowest BCUT2D eigenvalue weighted by Gasteiger charge is -2.35. The number of aromatic nitrogens is 2. The number of piperazine rings is 1. The summed E-state index contributed by atoms with van der Waals surface area (Å²) in [6.07, 6.45) is 0.928. The Morgan fingerprint density at radius 2 is 1.89 bits per heavy atom. The van der Waals surface area contributed by atoms with Crippen molar-refractivity contribution in [3.05, 3.63) is 30.1 Å². The molecule has 27 heavy (non-hydrogen) atoms. The first-order valence-corrected chi connectivity index (χ1v) is 9.81. The standard InChI is InChI=1S/C20H27N5O2/c1-3-23-10-12-24(13-11-23)20(26)17-8-9-25(14-17)18-6-4-16(5-7-18)19-21-15(2)22-27-19/h4-7,17H,3,8-14H2,1-2H3/t17-/m0/s1. The fraction of sp³-hybridized carbons (Fsp3) is 0.550. The van der Waals surface area contributed by atoms with Crippen LogP contribution >= 0.6 is 0 Å². The maximum Gasteiger partial charge on any atom is 0.257 e. The van der Waals surface area contributed by atoms with E-state index in [1.54, 1.807) is 0 Å². The Hall–Kier alpha value is -2.41. The van der Waals surface area contributed by atoms with Gasteiger partial charge in [0, 0.05) is 50.5 Å². The lowest BCUT2D eigenvalue weighted by molar-refractivity contribution is -0.136. The van der Waals surface area contributed by atoms with Crippen molar-refractivity contribution < 1.29 is 9.32 Å². The number of carbonyl (C=O) groups excluding carboxylic acids is 1. The number of likely N-dealkylation sites (N-methyl/N-ethyl adjacent to an activating group) is 1. The molecule has 2 fully saturated rings. The molecule has 0 N–H and O–H groups in total. The van der Waals surface area contributed by atoms with Crippen molar-refractivity contribution in [3.8, 4) is 11.5 Å². The smallest absolute Gasteiger partial charge is 0.257 e. The van der Waals surface area contributed by atoms with Crippen molar-refractivity contribution in [1.82, 2.24) is 19.9 Å². The Labute approximate surface area is 159 Å². The Morgan fingerprint density at radius 3 is 2.52 bits per heavy atom. The van der Waals surface area contributed by atoms with Gasteiger partial charge in [-0.25, -0.2) is 0 Å². The highest BCUT2D eigenvalue weighted by molar-refractivity contribution is 5.80. The van der Waals surface area contributed by atoms with E-state index in [0.29, 0.717) is 17.6 Å². The molecule has 2 aromatic rings. The van der Waals surface area contributed by atoms with Crippen LogP contribution in [0.25, 0.3) is 11.5 Å². The van der Waals surface area contributed by atoms with Crippen molar-refractivity contribution >= 4 is 11.6 Å². The van der Waals surface area contributed by atoms with E-state index in [9.17, 15) is 4.79 Å². The van der Waals surface area contributed by atoms with Gasteiger partial charge in [0.25, 0.3) is 5.89 Å². The van der Waals surface area contributed by atoms with E-state index in [4.69, 9.17) is 4.52 Å². The van der Waals surface area contributed by atoms with E-state index in [0.717, 1.165) is 63.5 Å². The lowest BCUT2D eigenvalue weighted by atomic mass is 10.1. The van der Waals surface area contributed by atoms with Crippen molar-refractivity contribution in [3.63, 3.8) is 0 Å². The number of carbonyl (C=O) groups is 1. The summed E-state index contributed by atoms with van der Waals surface area (Å²) in [6, 6.07) is 8.15. The maximum absolute atomic E-state index is 12.9. The second-order valence-corrected chi connectivity index (χ2v) is 7.38. The number of hydrogen-bond donors (Lipinski definition) is 0. The molecule has 0 unspecified atom stereocenters. The quantitative estimate of drug-likeness (QED) is 0.822. The molecule has 1 atom stereocenters. The molecule has 7 heteroatoms. The van der Waals surface area contributed by atoms with Gasteiger partial charge < -0.3 is 19.2 Å².